The Bertz CT molecular complexity index is 1090. The summed E-state index contributed by atoms with van der Waals surface area (Å²) in [5, 5.41) is 0. The summed E-state index contributed by atoms with van der Waals surface area (Å²) >= 11 is 0. The van der Waals surface area contributed by atoms with Crippen molar-refractivity contribution in [3.05, 3.63) is 78.1 Å². The Kier molecular flexibility index (Phi) is 5.79. The van der Waals surface area contributed by atoms with Crippen LogP contribution in [0.1, 0.15) is 48.3 Å². The van der Waals surface area contributed by atoms with Gasteiger partial charge in [-0.1, -0.05) is 36.4 Å². The summed E-state index contributed by atoms with van der Waals surface area (Å²) < 4.78 is 21.3. The van der Waals surface area contributed by atoms with E-state index in [0.717, 1.165) is 42.7 Å². The predicted octanol–water partition coefficient (Wildman–Crippen LogP) is 4.94. The largest absolute Gasteiger partial charge is 0.376 e. The Hall–Kier alpha value is -2.99. The van der Waals surface area contributed by atoms with Crippen LogP contribution in [0.3, 0.4) is 0 Å². The highest BCUT2D eigenvalue weighted by Crippen LogP contribution is 2.32. The summed E-state index contributed by atoms with van der Waals surface area (Å²) in [6.45, 7) is 4.26. The van der Waals surface area contributed by atoms with Gasteiger partial charge in [0.15, 0.2) is 0 Å². The first-order valence-electron chi connectivity index (χ1n) is 11.4. The molecule has 3 heterocycles. The molecule has 166 valence electrons. The lowest BCUT2D eigenvalue weighted by atomic mass is 9.87. The van der Waals surface area contributed by atoms with Gasteiger partial charge >= 0.3 is 0 Å². The van der Waals surface area contributed by atoms with Crippen molar-refractivity contribution in [3.63, 3.8) is 0 Å². The number of fused-ring (bicyclic) bond motifs is 1. The van der Waals surface area contributed by atoms with Crippen LogP contribution in [0.15, 0.2) is 61.1 Å². The lowest BCUT2D eigenvalue weighted by Crippen LogP contribution is -2.49. The van der Waals surface area contributed by atoms with Gasteiger partial charge < -0.3 is 14.2 Å². The average Bonchev–Trinajstić information content (AvgIpc) is 3.33. The highest BCUT2D eigenvalue weighted by atomic mass is 19.1. The minimum atomic E-state index is -0.257. The smallest absolute Gasteiger partial charge is 0.272 e. The molecule has 2 aliphatic rings. The van der Waals surface area contributed by atoms with E-state index in [0.29, 0.717) is 18.2 Å². The van der Waals surface area contributed by atoms with E-state index in [1.54, 1.807) is 24.7 Å². The third-order valence-electron chi connectivity index (χ3n) is 6.90. The van der Waals surface area contributed by atoms with E-state index in [9.17, 15) is 9.18 Å². The minimum Gasteiger partial charge on any atom is -0.376 e. The van der Waals surface area contributed by atoms with Crippen LogP contribution in [-0.2, 0) is 4.74 Å². The zero-order valence-electron chi connectivity index (χ0n) is 18.3. The topological polar surface area (TPSA) is 47.4 Å². The Labute approximate surface area is 187 Å². The van der Waals surface area contributed by atoms with Gasteiger partial charge in [0.1, 0.15) is 11.5 Å². The van der Waals surface area contributed by atoms with Crippen molar-refractivity contribution in [1.29, 1.82) is 0 Å². The van der Waals surface area contributed by atoms with Gasteiger partial charge in [-0.2, -0.15) is 0 Å². The van der Waals surface area contributed by atoms with Gasteiger partial charge in [-0.25, -0.2) is 9.37 Å². The van der Waals surface area contributed by atoms with Gasteiger partial charge in [0.2, 0.25) is 0 Å². The summed E-state index contributed by atoms with van der Waals surface area (Å²) in [6.07, 6.45) is 6.84. The molecule has 32 heavy (non-hydrogen) atoms. The van der Waals surface area contributed by atoms with Gasteiger partial charge in [-0.3, -0.25) is 4.79 Å². The Morgan fingerprint density at radius 3 is 2.81 bits per heavy atom. The summed E-state index contributed by atoms with van der Waals surface area (Å²) in [6, 6.07) is 14.5. The number of halogens is 1. The first kappa shape index (κ1) is 20.9. The lowest BCUT2D eigenvalue weighted by Gasteiger charge is -2.41. The summed E-state index contributed by atoms with van der Waals surface area (Å²) in [7, 11) is 0. The summed E-state index contributed by atoms with van der Waals surface area (Å²) in [4.78, 5) is 19.7. The maximum absolute atomic E-state index is 13.5. The average molecular weight is 434 g/mol. The van der Waals surface area contributed by atoms with Crippen LogP contribution in [0.4, 0.5) is 4.39 Å². The second-order valence-electron chi connectivity index (χ2n) is 8.81. The predicted molar refractivity (Wildman–Crippen MR) is 121 cm³/mol. The quantitative estimate of drug-likeness (QED) is 0.586. The molecule has 0 aliphatic carbocycles. The van der Waals surface area contributed by atoms with Crippen LogP contribution in [0.25, 0.3) is 11.1 Å². The molecule has 6 heteroatoms. The maximum atomic E-state index is 13.5. The van der Waals surface area contributed by atoms with E-state index in [-0.39, 0.29) is 23.9 Å². The van der Waals surface area contributed by atoms with Crippen molar-refractivity contribution in [2.45, 2.75) is 38.3 Å². The molecule has 5 nitrogen and oxygen atoms in total. The number of carbonyl (C=O) groups excluding carboxylic acids is 1. The van der Waals surface area contributed by atoms with Crippen molar-refractivity contribution in [1.82, 2.24) is 14.5 Å². The molecule has 2 fully saturated rings. The number of piperidine rings is 1. The van der Waals surface area contributed by atoms with Crippen LogP contribution >= 0.6 is 0 Å². The number of hydrogen-bond acceptors (Lipinski definition) is 3. The number of hydrogen-bond donors (Lipinski definition) is 0. The number of carbonyl (C=O) groups is 1. The molecular formula is C26H28FN3O2. The fourth-order valence-corrected chi connectivity index (χ4v) is 5.09. The van der Waals surface area contributed by atoms with E-state index in [4.69, 9.17) is 4.74 Å². The molecule has 3 atom stereocenters. The molecule has 0 unspecified atom stereocenters. The molecule has 1 amide bonds. The number of ether oxygens (including phenoxy) is 1. The molecule has 2 saturated heterocycles. The standard InChI is InChI=1S/C26H28FN3O2/c1-18(22-6-2-3-7-23(22)19-8-10-21(27)11-9-19)30-17-28-15-24(30)26(31)29-13-12-20-5-4-14-32-25(20)16-29/h2-3,6-11,15,17-18,20,25H,4-5,12-14,16H2,1H3/t18-,20+,25+/m0/s1. The molecule has 5 rings (SSSR count). The van der Waals surface area contributed by atoms with Crippen molar-refractivity contribution in [2.24, 2.45) is 5.92 Å². The molecule has 3 aromatic rings. The lowest BCUT2D eigenvalue weighted by molar-refractivity contribution is -0.0629. The Morgan fingerprint density at radius 2 is 1.97 bits per heavy atom. The van der Waals surface area contributed by atoms with Crippen molar-refractivity contribution in [2.75, 3.05) is 19.7 Å². The highest BCUT2D eigenvalue weighted by Gasteiger charge is 2.35. The van der Waals surface area contributed by atoms with E-state index in [1.165, 1.54) is 18.6 Å². The fraction of sp³-hybridized carbons (Fsp3) is 0.385. The van der Waals surface area contributed by atoms with Crippen LogP contribution < -0.4 is 0 Å². The third kappa shape index (κ3) is 3.95. The van der Waals surface area contributed by atoms with Crippen LogP contribution in [0.5, 0.6) is 0 Å². The molecular weight excluding hydrogens is 405 g/mol. The number of amides is 1. The second kappa shape index (κ2) is 8.87. The molecule has 1 aromatic heterocycles. The van der Waals surface area contributed by atoms with Gasteiger partial charge in [0.05, 0.1) is 24.7 Å². The molecule has 0 N–H and O–H groups in total. The maximum Gasteiger partial charge on any atom is 0.272 e. The normalized spacial score (nSPS) is 21.8. The van der Waals surface area contributed by atoms with Gasteiger partial charge in [-0.05, 0) is 60.9 Å². The van der Waals surface area contributed by atoms with E-state index >= 15 is 0 Å². The second-order valence-corrected chi connectivity index (χ2v) is 8.81. The highest BCUT2D eigenvalue weighted by molar-refractivity contribution is 5.92. The van der Waals surface area contributed by atoms with E-state index < -0.39 is 0 Å². The number of imidazole rings is 1. The first-order valence-corrected chi connectivity index (χ1v) is 11.4. The molecule has 0 bridgehead atoms. The summed E-state index contributed by atoms with van der Waals surface area (Å²) in [5.74, 6) is 0.313. The third-order valence-corrected chi connectivity index (χ3v) is 6.90. The Balaban J connectivity index is 1.41. The number of nitrogens with zero attached hydrogens (tertiary/aromatic N) is 3. The SMILES string of the molecule is C[C@@H](c1ccccc1-c1ccc(F)cc1)n1cncc1C(=O)N1CC[C@H]2CCCO[C@@H]2C1. The van der Waals surface area contributed by atoms with Crippen molar-refractivity contribution >= 4 is 5.91 Å². The van der Waals surface area contributed by atoms with E-state index in [2.05, 4.69) is 18.0 Å². The van der Waals surface area contributed by atoms with Crippen molar-refractivity contribution < 1.29 is 13.9 Å². The fourth-order valence-electron chi connectivity index (χ4n) is 5.09. The van der Waals surface area contributed by atoms with E-state index in [1.807, 2.05) is 27.7 Å². The number of likely N-dealkylation sites (tertiary alicyclic amines) is 1. The number of benzene rings is 2. The zero-order valence-corrected chi connectivity index (χ0v) is 18.3. The van der Waals surface area contributed by atoms with Crippen molar-refractivity contribution in [3.8, 4) is 11.1 Å². The first-order chi connectivity index (χ1) is 15.6. The number of rotatable bonds is 4. The van der Waals surface area contributed by atoms with Gasteiger partial charge in [0, 0.05) is 19.7 Å². The molecule has 0 radical (unpaired) electrons. The van der Waals surface area contributed by atoms with Gasteiger partial charge in [-0.15, -0.1) is 0 Å². The summed E-state index contributed by atoms with van der Waals surface area (Å²) in [5.41, 5.74) is 3.60. The Morgan fingerprint density at radius 1 is 1.16 bits per heavy atom. The monoisotopic (exact) mass is 433 g/mol. The molecule has 2 aliphatic heterocycles. The van der Waals surface area contributed by atoms with Crippen LogP contribution in [0, 0.1) is 11.7 Å². The van der Waals surface area contributed by atoms with Gasteiger partial charge in [0.25, 0.3) is 5.91 Å². The molecule has 0 saturated carbocycles. The number of aromatic nitrogens is 2. The van der Waals surface area contributed by atoms with Crippen LogP contribution in [-0.4, -0.2) is 46.2 Å². The molecule has 2 aromatic carbocycles. The minimum absolute atomic E-state index is 0.00115. The molecule has 0 spiro atoms. The zero-order chi connectivity index (χ0) is 22.1. The van der Waals surface area contributed by atoms with Crippen LogP contribution in [0.2, 0.25) is 0 Å².